The summed E-state index contributed by atoms with van der Waals surface area (Å²) in [7, 11) is 1.73. The molecule has 0 aliphatic carbocycles. The lowest BCUT2D eigenvalue weighted by molar-refractivity contribution is 0.0502. The van der Waals surface area contributed by atoms with Crippen LogP contribution in [0.5, 0.6) is 0 Å². The summed E-state index contributed by atoms with van der Waals surface area (Å²) in [6.07, 6.45) is -0.470. The summed E-state index contributed by atoms with van der Waals surface area (Å²) < 4.78 is 5.16. The number of carbonyl (C=O) groups excluding carboxylic acids is 2. The van der Waals surface area contributed by atoms with Gasteiger partial charge in [0.2, 0.25) is 0 Å². The van der Waals surface area contributed by atoms with Gasteiger partial charge in [-0.15, -0.1) is 11.3 Å². The van der Waals surface area contributed by atoms with Crippen molar-refractivity contribution in [1.82, 2.24) is 10.2 Å². The molecule has 0 saturated heterocycles. The van der Waals surface area contributed by atoms with Crippen molar-refractivity contribution in [2.45, 2.75) is 46.3 Å². The number of carbonyl (C=O) groups is 2. The number of amides is 2. The van der Waals surface area contributed by atoms with Gasteiger partial charge < -0.3 is 15.0 Å². The van der Waals surface area contributed by atoms with E-state index in [1.165, 1.54) is 11.3 Å². The van der Waals surface area contributed by atoms with Crippen LogP contribution in [-0.2, 0) is 4.74 Å². The zero-order valence-corrected chi connectivity index (χ0v) is 14.3. The second-order valence-corrected chi connectivity index (χ2v) is 7.35. The minimum atomic E-state index is -0.524. The molecule has 1 unspecified atom stereocenters. The lowest BCUT2D eigenvalue weighted by Crippen LogP contribution is -2.44. The Morgan fingerprint density at radius 1 is 1.38 bits per heavy atom. The average molecular weight is 312 g/mol. The summed E-state index contributed by atoms with van der Waals surface area (Å²) in [4.78, 5) is 27.3. The SMILES string of the molecule is Cc1ccc(C(=O)N(C)C(C)CNC(=O)OC(C)(C)C)s1. The third-order valence-corrected chi connectivity index (χ3v) is 3.86. The predicted octanol–water partition coefficient (Wildman–Crippen LogP) is 3.04. The van der Waals surface area contributed by atoms with Crippen LogP contribution in [0.2, 0.25) is 0 Å². The van der Waals surface area contributed by atoms with Crippen LogP contribution < -0.4 is 5.32 Å². The predicted molar refractivity (Wildman–Crippen MR) is 84.8 cm³/mol. The topological polar surface area (TPSA) is 58.6 Å². The van der Waals surface area contributed by atoms with Crippen molar-refractivity contribution in [1.29, 1.82) is 0 Å². The largest absolute Gasteiger partial charge is 0.444 e. The lowest BCUT2D eigenvalue weighted by atomic mass is 10.2. The van der Waals surface area contributed by atoms with Gasteiger partial charge in [0.05, 0.1) is 4.88 Å². The zero-order chi connectivity index (χ0) is 16.2. The molecule has 118 valence electrons. The van der Waals surface area contributed by atoms with Gasteiger partial charge in [-0.05, 0) is 46.8 Å². The van der Waals surface area contributed by atoms with Crippen LogP contribution in [0.4, 0.5) is 4.79 Å². The highest BCUT2D eigenvalue weighted by Gasteiger charge is 2.21. The highest BCUT2D eigenvalue weighted by molar-refractivity contribution is 7.13. The molecule has 0 radical (unpaired) electrons. The number of thiophene rings is 1. The Hall–Kier alpha value is -1.56. The van der Waals surface area contributed by atoms with E-state index < -0.39 is 11.7 Å². The summed E-state index contributed by atoms with van der Waals surface area (Å²) in [6.45, 7) is 9.63. The minimum absolute atomic E-state index is 0.0356. The van der Waals surface area contributed by atoms with Crippen LogP contribution in [0.3, 0.4) is 0 Å². The fraction of sp³-hybridized carbons (Fsp3) is 0.600. The van der Waals surface area contributed by atoms with Gasteiger partial charge in [0, 0.05) is 24.5 Å². The quantitative estimate of drug-likeness (QED) is 0.929. The summed E-state index contributed by atoms with van der Waals surface area (Å²) in [5.74, 6) is -0.0356. The molecular weight excluding hydrogens is 288 g/mol. The van der Waals surface area contributed by atoms with Crippen LogP contribution in [0, 0.1) is 6.92 Å². The molecule has 6 heteroatoms. The van der Waals surface area contributed by atoms with Gasteiger partial charge in [-0.25, -0.2) is 4.79 Å². The Kier molecular flexibility index (Phi) is 5.78. The first-order valence-electron chi connectivity index (χ1n) is 6.90. The van der Waals surface area contributed by atoms with Gasteiger partial charge in [-0.3, -0.25) is 4.79 Å². The number of ether oxygens (including phenoxy) is 1. The molecule has 0 aliphatic heterocycles. The van der Waals surface area contributed by atoms with Crippen LogP contribution >= 0.6 is 11.3 Å². The maximum absolute atomic E-state index is 12.3. The molecule has 1 atom stereocenters. The Morgan fingerprint density at radius 3 is 2.48 bits per heavy atom. The smallest absolute Gasteiger partial charge is 0.407 e. The van der Waals surface area contributed by atoms with Gasteiger partial charge in [0.1, 0.15) is 5.60 Å². The van der Waals surface area contributed by atoms with Gasteiger partial charge in [0.25, 0.3) is 5.91 Å². The van der Waals surface area contributed by atoms with E-state index in [9.17, 15) is 9.59 Å². The number of hydrogen-bond donors (Lipinski definition) is 1. The summed E-state index contributed by atoms with van der Waals surface area (Å²) in [6, 6.07) is 3.63. The van der Waals surface area contributed by atoms with Crippen LogP contribution in [0.1, 0.15) is 42.2 Å². The van der Waals surface area contributed by atoms with Crippen molar-refractivity contribution < 1.29 is 14.3 Å². The molecule has 0 aromatic carbocycles. The van der Waals surface area contributed by atoms with Crippen molar-refractivity contribution in [2.75, 3.05) is 13.6 Å². The standard InChI is InChI=1S/C15H24N2O3S/c1-10(9-16-14(19)20-15(3,4)5)17(6)13(18)12-8-7-11(2)21-12/h7-8,10H,9H2,1-6H3,(H,16,19). The summed E-state index contributed by atoms with van der Waals surface area (Å²) in [5.41, 5.74) is -0.524. The first kappa shape index (κ1) is 17.5. The normalized spacial score (nSPS) is 12.7. The van der Waals surface area contributed by atoms with Crippen molar-refractivity contribution in [3.8, 4) is 0 Å². The van der Waals surface area contributed by atoms with Crippen LogP contribution in [-0.4, -0.2) is 42.1 Å². The molecule has 1 aromatic rings. The third kappa shape index (κ3) is 5.75. The van der Waals surface area contributed by atoms with Crippen LogP contribution in [0.25, 0.3) is 0 Å². The van der Waals surface area contributed by atoms with E-state index >= 15 is 0 Å². The molecule has 2 amide bonds. The Bertz CT molecular complexity index is 505. The molecular formula is C15H24N2O3S. The van der Waals surface area contributed by atoms with E-state index in [0.29, 0.717) is 11.4 Å². The summed E-state index contributed by atoms with van der Waals surface area (Å²) >= 11 is 1.47. The molecule has 21 heavy (non-hydrogen) atoms. The maximum Gasteiger partial charge on any atom is 0.407 e. The van der Waals surface area contributed by atoms with Crippen molar-refractivity contribution in [3.63, 3.8) is 0 Å². The van der Waals surface area contributed by atoms with E-state index in [1.807, 2.05) is 46.8 Å². The average Bonchev–Trinajstić information content (AvgIpc) is 2.78. The zero-order valence-electron chi connectivity index (χ0n) is 13.5. The monoisotopic (exact) mass is 312 g/mol. The molecule has 1 rings (SSSR count). The summed E-state index contributed by atoms with van der Waals surface area (Å²) in [5, 5.41) is 2.68. The molecule has 0 bridgehead atoms. The van der Waals surface area contributed by atoms with Crippen LogP contribution in [0.15, 0.2) is 12.1 Å². The third-order valence-electron chi connectivity index (χ3n) is 2.87. The van der Waals surface area contributed by atoms with E-state index in [1.54, 1.807) is 11.9 Å². The number of hydrogen-bond acceptors (Lipinski definition) is 4. The highest BCUT2D eigenvalue weighted by atomic mass is 32.1. The molecule has 5 nitrogen and oxygen atoms in total. The Labute approximate surface area is 130 Å². The second kappa shape index (κ2) is 6.93. The number of nitrogens with one attached hydrogen (secondary N) is 1. The Morgan fingerprint density at radius 2 is 2.00 bits per heavy atom. The van der Waals surface area contributed by atoms with E-state index in [0.717, 1.165) is 4.88 Å². The number of aryl methyl sites for hydroxylation is 1. The molecule has 0 aliphatic rings. The lowest BCUT2D eigenvalue weighted by Gasteiger charge is -2.26. The molecule has 1 heterocycles. The molecule has 1 N–H and O–H groups in total. The van der Waals surface area contributed by atoms with Gasteiger partial charge in [-0.1, -0.05) is 0 Å². The van der Waals surface area contributed by atoms with E-state index in [-0.39, 0.29) is 11.9 Å². The number of nitrogens with zero attached hydrogens (tertiary/aromatic N) is 1. The molecule has 0 spiro atoms. The van der Waals surface area contributed by atoms with Crippen molar-refractivity contribution >= 4 is 23.3 Å². The molecule has 1 aromatic heterocycles. The maximum atomic E-state index is 12.3. The van der Waals surface area contributed by atoms with Gasteiger partial charge in [0.15, 0.2) is 0 Å². The molecule has 0 fully saturated rings. The second-order valence-electron chi connectivity index (χ2n) is 6.06. The number of alkyl carbamates (subject to hydrolysis) is 1. The number of rotatable bonds is 4. The Balaban J connectivity index is 2.49. The van der Waals surface area contributed by atoms with E-state index in [4.69, 9.17) is 4.74 Å². The minimum Gasteiger partial charge on any atom is -0.444 e. The fourth-order valence-corrected chi connectivity index (χ4v) is 2.46. The first-order chi connectivity index (χ1) is 9.60. The van der Waals surface area contributed by atoms with Gasteiger partial charge in [-0.2, -0.15) is 0 Å². The fourth-order valence-electron chi connectivity index (χ4n) is 1.61. The first-order valence-corrected chi connectivity index (χ1v) is 7.72. The highest BCUT2D eigenvalue weighted by Crippen LogP contribution is 2.17. The van der Waals surface area contributed by atoms with Crippen molar-refractivity contribution in [3.05, 3.63) is 21.9 Å². The molecule has 0 saturated carbocycles. The van der Waals surface area contributed by atoms with E-state index in [2.05, 4.69) is 5.32 Å². The number of likely N-dealkylation sites (N-methyl/N-ethyl adjacent to an activating group) is 1. The van der Waals surface area contributed by atoms with Crippen molar-refractivity contribution in [2.24, 2.45) is 0 Å². The van der Waals surface area contributed by atoms with Gasteiger partial charge >= 0.3 is 6.09 Å².